The number of furan rings is 1. The summed E-state index contributed by atoms with van der Waals surface area (Å²) in [4.78, 5) is 24.3. The molecule has 1 heterocycles. The second kappa shape index (κ2) is 9.92. The lowest BCUT2D eigenvalue weighted by Crippen LogP contribution is -2.55. The van der Waals surface area contributed by atoms with Gasteiger partial charge in [-0.1, -0.05) is 27.7 Å². The summed E-state index contributed by atoms with van der Waals surface area (Å²) in [5.41, 5.74) is 5.16. The molecule has 0 radical (unpaired) electrons. The van der Waals surface area contributed by atoms with Crippen LogP contribution in [0.4, 0.5) is 0 Å². The van der Waals surface area contributed by atoms with E-state index in [2.05, 4.69) is 35.3 Å². The van der Waals surface area contributed by atoms with E-state index in [9.17, 15) is 9.59 Å². The maximum absolute atomic E-state index is 12.3. The van der Waals surface area contributed by atoms with E-state index in [0.29, 0.717) is 11.0 Å². The molecule has 0 spiro atoms. The van der Waals surface area contributed by atoms with Crippen LogP contribution in [0.2, 0.25) is 0 Å². The highest BCUT2D eigenvalue weighted by atomic mass is 32.1. The van der Waals surface area contributed by atoms with Gasteiger partial charge in [0, 0.05) is 6.54 Å². The van der Waals surface area contributed by atoms with Gasteiger partial charge in [0.1, 0.15) is 6.04 Å². The number of nitrogens with one attached hydrogen (secondary N) is 4. The Morgan fingerprint density at radius 3 is 2.46 bits per heavy atom. The van der Waals surface area contributed by atoms with Crippen LogP contribution in [0.3, 0.4) is 0 Å². The van der Waals surface area contributed by atoms with Crippen LogP contribution < -0.4 is 21.5 Å². The van der Waals surface area contributed by atoms with E-state index in [0.717, 1.165) is 13.0 Å². The third-order valence-corrected chi connectivity index (χ3v) is 3.53. The number of carbonyl (C=O) groups excluding carboxylic acids is 2. The van der Waals surface area contributed by atoms with Gasteiger partial charge in [0.2, 0.25) is 0 Å². The van der Waals surface area contributed by atoms with Crippen LogP contribution in [0.15, 0.2) is 22.8 Å². The molecule has 0 aromatic carbocycles. The molecule has 2 amide bonds. The molecule has 0 aliphatic carbocycles. The number of hydrazine groups is 1. The first-order valence-electron chi connectivity index (χ1n) is 7.99. The lowest BCUT2D eigenvalue weighted by Gasteiger charge is -2.22. The number of thiocarbonyl (C=S) groups is 1. The number of hydrogen-bond acceptors (Lipinski definition) is 4. The Kier molecular flexibility index (Phi) is 8.25. The average molecular weight is 354 g/mol. The van der Waals surface area contributed by atoms with Gasteiger partial charge in [0.05, 0.1) is 6.26 Å². The minimum Gasteiger partial charge on any atom is -0.459 e. The van der Waals surface area contributed by atoms with E-state index in [1.165, 1.54) is 12.3 Å². The molecule has 1 aromatic rings. The normalized spacial score (nSPS) is 11.9. The topological polar surface area (TPSA) is 95.4 Å². The predicted octanol–water partition coefficient (Wildman–Crippen LogP) is 1.58. The van der Waals surface area contributed by atoms with Gasteiger partial charge in [-0.15, -0.1) is 0 Å². The van der Waals surface area contributed by atoms with Crippen LogP contribution in [0.1, 0.15) is 44.7 Å². The minimum atomic E-state index is -0.714. The first kappa shape index (κ1) is 20.0. The van der Waals surface area contributed by atoms with Crippen molar-refractivity contribution in [3.8, 4) is 0 Å². The van der Waals surface area contributed by atoms with Crippen molar-refractivity contribution in [3.05, 3.63) is 24.2 Å². The molecule has 1 rings (SSSR count). The molecule has 0 fully saturated rings. The van der Waals surface area contributed by atoms with Gasteiger partial charge >= 0.3 is 0 Å². The highest BCUT2D eigenvalue weighted by Gasteiger charge is 2.25. The molecular formula is C16H26N4O3S. The number of rotatable bonds is 7. The van der Waals surface area contributed by atoms with Gasteiger partial charge in [0.15, 0.2) is 10.9 Å². The van der Waals surface area contributed by atoms with E-state index in [1.807, 2.05) is 13.8 Å². The molecule has 0 saturated carbocycles. The Bertz CT molecular complexity index is 544. The second-order valence-electron chi connectivity index (χ2n) is 6.23. The molecule has 8 heteroatoms. The van der Waals surface area contributed by atoms with Gasteiger partial charge in [-0.2, -0.15) is 0 Å². The standard InChI is InChI=1S/C16H26N4O3S/c1-10(2)7-8-17-16(24)20-19-15(22)13(11(3)4)18-14(21)12-6-5-9-23-12/h5-6,9-11,13H,7-8H2,1-4H3,(H,18,21)(H,19,22)(H2,17,20,24)/t13-/m0/s1. The number of amides is 2. The highest BCUT2D eigenvalue weighted by molar-refractivity contribution is 7.80. The summed E-state index contributed by atoms with van der Waals surface area (Å²) in [6, 6.07) is 2.44. The predicted molar refractivity (Wildman–Crippen MR) is 96.1 cm³/mol. The van der Waals surface area contributed by atoms with Gasteiger partial charge in [-0.05, 0) is 42.6 Å². The van der Waals surface area contributed by atoms with Crippen molar-refractivity contribution in [1.82, 2.24) is 21.5 Å². The number of hydrogen-bond donors (Lipinski definition) is 4. The van der Waals surface area contributed by atoms with Gasteiger partial charge < -0.3 is 15.1 Å². The number of carbonyl (C=O) groups is 2. The molecule has 0 saturated heterocycles. The second-order valence-corrected chi connectivity index (χ2v) is 6.63. The van der Waals surface area contributed by atoms with Crippen LogP contribution >= 0.6 is 12.2 Å². The molecule has 1 atom stereocenters. The fraction of sp³-hybridized carbons (Fsp3) is 0.562. The van der Waals surface area contributed by atoms with E-state index in [1.54, 1.807) is 6.07 Å². The summed E-state index contributed by atoms with van der Waals surface area (Å²) in [5.74, 6) is -0.193. The van der Waals surface area contributed by atoms with Crippen LogP contribution in [0, 0.1) is 11.8 Å². The lowest BCUT2D eigenvalue weighted by molar-refractivity contribution is -0.124. The van der Waals surface area contributed by atoms with Gasteiger partial charge in [0.25, 0.3) is 11.8 Å². The quantitative estimate of drug-likeness (QED) is 0.439. The third-order valence-electron chi connectivity index (χ3n) is 3.29. The van der Waals surface area contributed by atoms with Crippen molar-refractivity contribution >= 4 is 29.1 Å². The van der Waals surface area contributed by atoms with Crippen LogP contribution in [-0.2, 0) is 4.79 Å². The fourth-order valence-corrected chi connectivity index (χ4v) is 2.02. The van der Waals surface area contributed by atoms with Crippen molar-refractivity contribution in [1.29, 1.82) is 0 Å². The smallest absolute Gasteiger partial charge is 0.287 e. The summed E-state index contributed by atoms with van der Waals surface area (Å²) in [6.45, 7) is 8.64. The molecular weight excluding hydrogens is 328 g/mol. The summed E-state index contributed by atoms with van der Waals surface area (Å²) < 4.78 is 5.03. The summed E-state index contributed by atoms with van der Waals surface area (Å²) >= 11 is 5.09. The third kappa shape index (κ3) is 6.99. The largest absolute Gasteiger partial charge is 0.459 e. The zero-order valence-corrected chi connectivity index (χ0v) is 15.3. The first-order valence-corrected chi connectivity index (χ1v) is 8.40. The van der Waals surface area contributed by atoms with Crippen LogP contribution in [0.25, 0.3) is 0 Å². The lowest BCUT2D eigenvalue weighted by atomic mass is 10.0. The summed E-state index contributed by atoms with van der Waals surface area (Å²) in [7, 11) is 0. The first-order chi connectivity index (χ1) is 11.3. The minimum absolute atomic E-state index is 0.104. The molecule has 134 valence electrons. The molecule has 0 aliphatic heterocycles. The van der Waals surface area contributed by atoms with Crippen molar-refractivity contribution in [2.24, 2.45) is 11.8 Å². The Hall–Kier alpha value is -2.09. The molecule has 0 bridgehead atoms. The van der Waals surface area contributed by atoms with Crippen molar-refractivity contribution in [2.45, 2.75) is 40.2 Å². The Balaban J connectivity index is 2.46. The molecule has 0 aliphatic rings. The zero-order chi connectivity index (χ0) is 18.1. The van der Waals surface area contributed by atoms with Crippen LogP contribution in [-0.4, -0.2) is 29.5 Å². The zero-order valence-electron chi connectivity index (χ0n) is 14.5. The Labute approximate surface area is 147 Å². The Morgan fingerprint density at radius 1 is 1.21 bits per heavy atom. The monoisotopic (exact) mass is 354 g/mol. The molecule has 1 aromatic heterocycles. The SMILES string of the molecule is CC(C)CCNC(=S)NNC(=O)[C@@H](NC(=O)c1ccco1)C(C)C. The fourth-order valence-electron chi connectivity index (χ4n) is 1.87. The van der Waals surface area contributed by atoms with Gasteiger partial charge in [-0.25, -0.2) is 0 Å². The average Bonchev–Trinajstić information content (AvgIpc) is 3.03. The van der Waals surface area contributed by atoms with Crippen molar-refractivity contribution in [2.75, 3.05) is 6.54 Å². The van der Waals surface area contributed by atoms with E-state index < -0.39 is 11.9 Å². The maximum atomic E-state index is 12.3. The van der Waals surface area contributed by atoms with Crippen LogP contribution in [0.5, 0.6) is 0 Å². The van der Waals surface area contributed by atoms with Gasteiger partial charge in [-0.3, -0.25) is 20.4 Å². The molecule has 24 heavy (non-hydrogen) atoms. The maximum Gasteiger partial charge on any atom is 0.287 e. The molecule has 0 unspecified atom stereocenters. The van der Waals surface area contributed by atoms with E-state index in [4.69, 9.17) is 16.6 Å². The highest BCUT2D eigenvalue weighted by Crippen LogP contribution is 2.05. The summed E-state index contributed by atoms with van der Waals surface area (Å²) in [6.07, 6.45) is 2.38. The Morgan fingerprint density at radius 2 is 1.92 bits per heavy atom. The molecule has 7 nitrogen and oxygen atoms in total. The summed E-state index contributed by atoms with van der Waals surface area (Å²) in [5, 5.41) is 5.99. The van der Waals surface area contributed by atoms with Crippen molar-refractivity contribution in [3.63, 3.8) is 0 Å². The van der Waals surface area contributed by atoms with E-state index >= 15 is 0 Å². The molecule has 4 N–H and O–H groups in total. The van der Waals surface area contributed by atoms with E-state index in [-0.39, 0.29) is 17.6 Å². The van der Waals surface area contributed by atoms with Crippen molar-refractivity contribution < 1.29 is 14.0 Å².